The molecule has 68 valence electrons. The number of ether oxygens (including phenoxy) is 1. The summed E-state index contributed by atoms with van der Waals surface area (Å²) in [5.74, 6) is 0.677. The fourth-order valence-electron chi connectivity index (χ4n) is 1.14. The standard InChI is InChI=1S/C9H11N3O/c1-12-6-7-13-9(11-12)8-2-4-10-5-3-8/h2-5H,6-7H2,1H3. The van der Waals surface area contributed by atoms with Gasteiger partial charge in [0.05, 0.1) is 6.54 Å². The molecule has 1 aromatic rings. The predicted molar refractivity (Wildman–Crippen MR) is 49.4 cm³/mol. The van der Waals surface area contributed by atoms with E-state index in [1.807, 2.05) is 24.2 Å². The average Bonchev–Trinajstić information content (AvgIpc) is 2.19. The number of nitrogens with zero attached hydrogens (tertiary/aromatic N) is 3. The van der Waals surface area contributed by atoms with E-state index in [4.69, 9.17) is 4.74 Å². The highest BCUT2D eigenvalue weighted by Crippen LogP contribution is 2.06. The summed E-state index contributed by atoms with van der Waals surface area (Å²) in [4.78, 5) is 3.94. The molecule has 0 amide bonds. The highest BCUT2D eigenvalue weighted by atomic mass is 16.5. The van der Waals surface area contributed by atoms with Gasteiger partial charge in [0.2, 0.25) is 5.90 Å². The number of rotatable bonds is 1. The Kier molecular flexibility index (Phi) is 2.12. The van der Waals surface area contributed by atoms with Gasteiger partial charge >= 0.3 is 0 Å². The Labute approximate surface area is 76.8 Å². The summed E-state index contributed by atoms with van der Waals surface area (Å²) in [5.41, 5.74) is 0.974. The lowest BCUT2D eigenvalue weighted by molar-refractivity contribution is 0.192. The van der Waals surface area contributed by atoms with Crippen molar-refractivity contribution in [2.75, 3.05) is 20.2 Å². The van der Waals surface area contributed by atoms with Crippen molar-refractivity contribution in [1.82, 2.24) is 9.99 Å². The molecule has 0 saturated carbocycles. The molecule has 2 heterocycles. The molecule has 0 spiro atoms. The first-order chi connectivity index (χ1) is 6.36. The van der Waals surface area contributed by atoms with Crippen LogP contribution in [0.15, 0.2) is 29.6 Å². The molecule has 0 aliphatic carbocycles. The largest absolute Gasteiger partial charge is 0.474 e. The minimum atomic E-state index is 0.677. The van der Waals surface area contributed by atoms with Gasteiger partial charge < -0.3 is 4.74 Å². The lowest BCUT2D eigenvalue weighted by atomic mass is 10.3. The molecule has 0 N–H and O–H groups in total. The minimum Gasteiger partial charge on any atom is -0.474 e. The van der Waals surface area contributed by atoms with Gasteiger partial charge in [-0.15, -0.1) is 5.10 Å². The minimum absolute atomic E-state index is 0.677. The van der Waals surface area contributed by atoms with Crippen molar-refractivity contribution in [2.24, 2.45) is 5.10 Å². The third kappa shape index (κ3) is 1.77. The lowest BCUT2D eigenvalue weighted by Crippen LogP contribution is -2.28. The zero-order valence-corrected chi connectivity index (χ0v) is 7.47. The molecular weight excluding hydrogens is 166 g/mol. The van der Waals surface area contributed by atoms with E-state index in [9.17, 15) is 0 Å². The first-order valence-corrected chi connectivity index (χ1v) is 4.19. The van der Waals surface area contributed by atoms with Crippen LogP contribution in [0.4, 0.5) is 0 Å². The zero-order chi connectivity index (χ0) is 9.10. The maximum atomic E-state index is 5.41. The molecule has 0 unspecified atom stereocenters. The Bertz CT molecular complexity index is 310. The van der Waals surface area contributed by atoms with Crippen LogP contribution in [0.25, 0.3) is 0 Å². The number of aromatic nitrogens is 1. The molecule has 0 saturated heterocycles. The van der Waals surface area contributed by atoms with Crippen LogP contribution in [0.5, 0.6) is 0 Å². The zero-order valence-electron chi connectivity index (χ0n) is 7.47. The van der Waals surface area contributed by atoms with Crippen LogP contribution >= 0.6 is 0 Å². The first kappa shape index (κ1) is 8.04. The van der Waals surface area contributed by atoms with Gasteiger partial charge in [-0.05, 0) is 12.1 Å². The SMILES string of the molecule is CN1CCOC(c2ccncc2)=N1. The number of hydrogen-bond acceptors (Lipinski definition) is 4. The van der Waals surface area contributed by atoms with Crippen LogP contribution in [0.2, 0.25) is 0 Å². The fraction of sp³-hybridized carbons (Fsp3) is 0.333. The molecule has 0 radical (unpaired) electrons. The van der Waals surface area contributed by atoms with Gasteiger partial charge in [0, 0.05) is 25.0 Å². The monoisotopic (exact) mass is 177 g/mol. The van der Waals surface area contributed by atoms with Crippen molar-refractivity contribution >= 4 is 5.90 Å². The molecule has 1 aromatic heterocycles. The Morgan fingerprint density at radius 3 is 2.85 bits per heavy atom. The summed E-state index contributed by atoms with van der Waals surface area (Å²) < 4.78 is 5.41. The lowest BCUT2D eigenvalue weighted by Gasteiger charge is -2.21. The van der Waals surface area contributed by atoms with Gasteiger partial charge in [-0.3, -0.25) is 9.99 Å². The van der Waals surface area contributed by atoms with Crippen LogP contribution in [-0.4, -0.2) is 36.1 Å². The van der Waals surface area contributed by atoms with E-state index < -0.39 is 0 Å². The van der Waals surface area contributed by atoms with Crippen LogP contribution < -0.4 is 0 Å². The second kappa shape index (κ2) is 3.43. The molecule has 4 nitrogen and oxygen atoms in total. The molecule has 13 heavy (non-hydrogen) atoms. The first-order valence-electron chi connectivity index (χ1n) is 4.19. The Balaban J connectivity index is 2.26. The smallest absolute Gasteiger partial charge is 0.238 e. The Morgan fingerprint density at radius 2 is 2.15 bits per heavy atom. The quantitative estimate of drug-likeness (QED) is 0.634. The van der Waals surface area contributed by atoms with E-state index in [-0.39, 0.29) is 0 Å². The second-order valence-corrected chi connectivity index (χ2v) is 2.87. The van der Waals surface area contributed by atoms with Gasteiger partial charge in [0.1, 0.15) is 6.61 Å². The Morgan fingerprint density at radius 1 is 1.38 bits per heavy atom. The molecule has 0 atom stereocenters. The van der Waals surface area contributed by atoms with E-state index in [1.165, 1.54) is 0 Å². The van der Waals surface area contributed by atoms with Gasteiger partial charge in [-0.1, -0.05) is 0 Å². The van der Waals surface area contributed by atoms with E-state index in [0.29, 0.717) is 12.5 Å². The van der Waals surface area contributed by atoms with E-state index in [0.717, 1.165) is 12.1 Å². The van der Waals surface area contributed by atoms with Crippen molar-refractivity contribution in [2.45, 2.75) is 0 Å². The highest BCUT2D eigenvalue weighted by Gasteiger charge is 2.10. The summed E-state index contributed by atoms with van der Waals surface area (Å²) in [7, 11) is 1.93. The fourth-order valence-corrected chi connectivity index (χ4v) is 1.14. The van der Waals surface area contributed by atoms with Crippen LogP contribution in [-0.2, 0) is 4.74 Å². The second-order valence-electron chi connectivity index (χ2n) is 2.87. The predicted octanol–water partition coefficient (Wildman–Crippen LogP) is 0.705. The van der Waals surface area contributed by atoms with Crippen molar-refractivity contribution in [3.63, 3.8) is 0 Å². The molecule has 2 rings (SSSR count). The van der Waals surface area contributed by atoms with Crippen molar-refractivity contribution < 1.29 is 4.74 Å². The molecule has 0 fully saturated rings. The third-order valence-electron chi connectivity index (χ3n) is 1.84. The van der Waals surface area contributed by atoms with Crippen molar-refractivity contribution in [3.05, 3.63) is 30.1 Å². The maximum absolute atomic E-state index is 5.41. The summed E-state index contributed by atoms with van der Waals surface area (Å²) in [6, 6.07) is 3.77. The molecular formula is C9H11N3O. The number of hydrazone groups is 1. The topological polar surface area (TPSA) is 37.7 Å². The van der Waals surface area contributed by atoms with Crippen LogP contribution in [0.1, 0.15) is 5.56 Å². The summed E-state index contributed by atoms with van der Waals surface area (Å²) in [6.07, 6.45) is 3.46. The molecule has 0 aromatic carbocycles. The van der Waals surface area contributed by atoms with Crippen LogP contribution in [0, 0.1) is 0 Å². The average molecular weight is 177 g/mol. The number of hydrogen-bond donors (Lipinski definition) is 0. The van der Waals surface area contributed by atoms with Crippen molar-refractivity contribution in [1.29, 1.82) is 0 Å². The van der Waals surface area contributed by atoms with Gasteiger partial charge in [-0.2, -0.15) is 0 Å². The number of pyridine rings is 1. The number of likely N-dealkylation sites (N-methyl/N-ethyl adjacent to an activating group) is 1. The third-order valence-corrected chi connectivity index (χ3v) is 1.84. The van der Waals surface area contributed by atoms with Gasteiger partial charge in [-0.25, -0.2) is 0 Å². The molecule has 1 aliphatic heterocycles. The molecule has 1 aliphatic rings. The highest BCUT2D eigenvalue weighted by molar-refractivity contribution is 5.93. The summed E-state index contributed by atoms with van der Waals surface area (Å²) >= 11 is 0. The molecule has 4 heteroatoms. The normalized spacial score (nSPS) is 16.4. The maximum Gasteiger partial charge on any atom is 0.238 e. The van der Waals surface area contributed by atoms with Crippen molar-refractivity contribution in [3.8, 4) is 0 Å². The summed E-state index contributed by atoms with van der Waals surface area (Å²) in [6.45, 7) is 1.53. The van der Waals surface area contributed by atoms with Crippen LogP contribution in [0.3, 0.4) is 0 Å². The van der Waals surface area contributed by atoms with Gasteiger partial charge in [0.25, 0.3) is 0 Å². The Hall–Kier alpha value is -1.58. The molecule has 0 bridgehead atoms. The summed E-state index contributed by atoms with van der Waals surface area (Å²) in [5, 5.41) is 6.13. The van der Waals surface area contributed by atoms with E-state index in [1.54, 1.807) is 12.4 Å². The van der Waals surface area contributed by atoms with Gasteiger partial charge in [0.15, 0.2) is 0 Å². The van der Waals surface area contributed by atoms with E-state index in [2.05, 4.69) is 10.1 Å². The van der Waals surface area contributed by atoms with E-state index >= 15 is 0 Å².